The largest absolute Gasteiger partial charge is 0.383 e. The lowest BCUT2D eigenvalue weighted by atomic mass is 9.97. The molecule has 14 heavy (non-hydrogen) atoms. The second-order valence-electron chi connectivity index (χ2n) is 3.83. The van der Waals surface area contributed by atoms with Crippen LogP contribution >= 0.6 is 0 Å². The molecule has 1 aliphatic carbocycles. The maximum Gasteiger partial charge on any atom is 0.113 e. The molecule has 2 nitrogen and oxygen atoms in total. The minimum Gasteiger partial charge on any atom is -0.383 e. The second-order valence-corrected chi connectivity index (χ2v) is 3.83. The van der Waals surface area contributed by atoms with Crippen molar-refractivity contribution in [2.24, 2.45) is 0 Å². The maximum absolute atomic E-state index is 10.3. The fourth-order valence-corrected chi connectivity index (χ4v) is 2.09. The summed E-state index contributed by atoms with van der Waals surface area (Å²) in [4.78, 5) is 0. The first-order chi connectivity index (χ1) is 6.76. The summed E-state index contributed by atoms with van der Waals surface area (Å²) in [7, 11) is 0. The molecular weight excluding hydrogens is 176 g/mol. The molecule has 0 bridgehead atoms. The van der Waals surface area contributed by atoms with Gasteiger partial charge in [0, 0.05) is 6.61 Å². The highest BCUT2D eigenvalue weighted by Crippen LogP contribution is 2.36. The van der Waals surface area contributed by atoms with Crippen LogP contribution in [0.2, 0.25) is 0 Å². The number of ether oxygens (including phenoxy) is 1. The Morgan fingerprint density at radius 2 is 2.21 bits per heavy atom. The Bertz CT molecular complexity index is 322. The van der Waals surface area contributed by atoms with Gasteiger partial charge in [0.1, 0.15) is 5.60 Å². The van der Waals surface area contributed by atoms with Gasteiger partial charge < -0.3 is 9.84 Å². The van der Waals surface area contributed by atoms with E-state index >= 15 is 0 Å². The van der Waals surface area contributed by atoms with Gasteiger partial charge in [0.25, 0.3) is 0 Å². The van der Waals surface area contributed by atoms with E-state index < -0.39 is 5.60 Å². The van der Waals surface area contributed by atoms with Gasteiger partial charge in [0.2, 0.25) is 0 Å². The van der Waals surface area contributed by atoms with Gasteiger partial charge in [-0.05, 0) is 30.9 Å². The Hall–Kier alpha value is -0.860. The van der Waals surface area contributed by atoms with Gasteiger partial charge in [0.05, 0.1) is 6.61 Å². The van der Waals surface area contributed by atoms with Gasteiger partial charge in [-0.3, -0.25) is 0 Å². The predicted molar refractivity (Wildman–Crippen MR) is 55.2 cm³/mol. The first kappa shape index (κ1) is 9.69. The molecule has 1 aromatic carbocycles. The van der Waals surface area contributed by atoms with Gasteiger partial charge >= 0.3 is 0 Å². The van der Waals surface area contributed by atoms with Gasteiger partial charge in [-0.1, -0.05) is 24.3 Å². The summed E-state index contributed by atoms with van der Waals surface area (Å²) in [5.41, 5.74) is 1.57. The van der Waals surface area contributed by atoms with Gasteiger partial charge in [-0.2, -0.15) is 0 Å². The molecular formula is C12H16O2. The second kappa shape index (κ2) is 3.71. The molecule has 0 saturated heterocycles. The Kier molecular flexibility index (Phi) is 2.57. The van der Waals surface area contributed by atoms with E-state index in [-0.39, 0.29) is 0 Å². The van der Waals surface area contributed by atoms with Crippen molar-refractivity contribution in [2.75, 3.05) is 13.2 Å². The minimum absolute atomic E-state index is 0.417. The summed E-state index contributed by atoms with van der Waals surface area (Å²) in [6.45, 7) is 3.02. The topological polar surface area (TPSA) is 29.5 Å². The molecule has 0 aromatic heterocycles. The zero-order valence-electron chi connectivity index (χ0n) is 8.49. The molecule has 76 valence electrons. The summed E-state index contributed by atoms with van der Waals surface area (Å²) in [6.07, 6.45) is 1.74. The SMILES string of the molecule is CCOCC1(O)CCc2ccccc21. The highest BCUT2D eigenvalue weighted by Gasteiger charge is 2.36. The standard InChI is InChI=1S/C12H16O2/c1-2-14-9-12(13)8-7-10-5-3-4-6-11(10)12/h3-6,13H,2,7-9H2,1H3. The Morgan fingerprint density at radius 1 is 1.43 bits per heavy atom. The normalized spacial score (nSPS) is 25.0. The van der Waals surface area contributed by atoms with E-state index in [1.165, 1.54) is 5.56 Å². The van der Waals surface area contributed by atoms with Crippen LogP contribution in [-0.4, -0.2) is 18.3 Å². The van der Waals surface area contributed by atoms with E-state index in [0.29, 0.717) is 13.2 Å². The predicted octanol–water partition coefficient (Wildman–Crippen LogP) is 1.86. The zero-order valence-corrected chi connectivity index (χ0v) is 8.49. The van der Waals surface area contributed by atoms with E-state index in [9.17, 15) is 5.11 Å². The summed E-state index contributed by atoms with van der Waals surface area (Å²) < 4.78 is 5.33. The molecule has 1 aromatic rings. The van der Waals surface area contributed by atoms with Crippen molar-refractivity contribution in [2.45, 2.75) is 25.4 Å². The van der Waals surface area contributed by atoms with E-state index in [4.69, 9.17) is 4.74 Å². The Morgan fingerprint density at radius 3 is 3.00 bits per heavy atom. The van der Waals surface area contributed by atoms with Crippen LogP contribution in [0.3, 0.4) is 0 Å². The third kappa shape index (κ3) is 1.56. The molecule has 2 rings (SSSR count). The summed E-state index contributed by atoms with van der Waals surface area (Å²) in [5, 5.41) is 10.3. The number of hydrogen-bond donors (Lipinski definition) is 1. The van der Waals surface area contributed by atoms with Crippen LogP contribution in [-0.2, 0) is 16.8 Å². The smallest absolute Gasteiger partial charge is 0.113 e. The average Bonchev–Trinajstić information content (AvgIpc) is 2.55. The average molecular weight is 192 g/mol. The molecule has 1 aliphatic rings. The van der Waals surface area contributed by atoms with E-state index in [1.54, 1.807) is 0 Å². The number of hydrogen-bond acceptors (Lipinski definition) is 2. The Balaban J connectivity index is 2.23. The van der Waals surface area contributed by atoms with Crippen molar-refractivity contribution in [3.8, 4) is 0 Å². The number of fused-ring (bicyclic) bond motifs is 1. The maximum atomic E-state index is 10.3. The summed E-state index contributed by atoms with van der Waals surface area (Å²) >= 11 is 0. The zero-order chi connectivity index (χ0) is 10.0. The molecule has 1 unspecified atom stereocenters. The van der Waals surface area contributed by atoms with Crippen LogP contribution in [0.15, 0.2) is 24.3 Å². The molecule has 0 heterocycles. The third-order valence-electron chi connectivity index (χ3n) is 2.87. The van der Waals surface area contributed by atoms with Crippen molar-refractivity contribution >= 4 is 0 Å². The molecule has 1 N–H and O–H groups in total. The van der Waals surface area contributed by atoms with Crippen LogP contribution < -0.4 is 0 Å². The van der Waals surface area contributed by atoms with Gasteiger partial charge in [0.15, 0.2) is 0 Å². The van der Waals surface area contributed by atoms with Crippen LogP contribution in [0, 0.1) is 0 Å². The van der Waals surface area contributed by atoms with Crippen molar-refractivity contribution in [3.05, 3.63) is 35.4 Å². The number of benzene rings is 1. The number of rotatable bonds is 3. The summed E-state index contributed by atoms with van der Waals surface area (Å²) in [5.74, 6) is 0. The van der Waals surface area contributed by atoms with Crippen molar-refractivity contribution in [1.29, 1.82) is 0 Å². The number of aliphatic hydroxyl groups is 1. The van der Waals surface area contributed by atoms with Gasteiger partial charge in [-0.25, -0.2) is 0 Å². The van der Waals surface area contributed by atoms with Crippen LogP contribution in [0.4, 0.5) is 0 Å². The highest BCUT2D eigenvalue weighted by atomic mass is 16.5. The Labute approximate surface area is 84.5 Å². The molecule has 0 fully saturated rings. The minimum atomic E-state index is -0.743. The lowest BCUT2D eigenvalue weighted by Crippen LogP contribution is -2.28. The molecule has 1 atom stereocenters. The molecule has 0 amide bonds. The van der Waals surface area contributed by atoms with Crippen LogP contribution in [0.25, 0.3) is 0 Å². The lowest BCUT2D eigenvalue weighted by molar-refractivity contribution is -0.0464. The van der Waals surface area contributed by atoms with E-state index in [0.717, 1.165) is 18.4 Å². The van der Waals surface area contributed by atoms with E-state index in [1.807, 2.05) is 25.1 Å². The molecule has 0 aliphatic heterocycles. The molecule has 0 spiro atoms. The van der Waals surface area contributed by atoms with Gasteiger partial charge in [-0.15, -0.1) is 0 Å². The van der Waals surface area contributed by atoms with Crippen LogP contribution in [0.5, 0.6) is 0 Å². The molecule has 2 heteroatoms. The monoisotopic (exact) mass is 192 g/mol. The van der Waals surface area contributed by atoms with E-state index in [2.05, 4.69) is 6.07 Å². The van der Waals surface area contributed by atoms with Crippen molar-refractivity contribution < 1.29 is 9.84 Å². The third-order valence-corrected chi connectivity index (χ3v) is 2.87. The summed E-state index contributed by atoms with van der Waals surface area (Å²) in [6, 6.07) is 8.08. The fraction of sp³-hybridized carbons (Fsp3) is 0.500. The number of aryl methyl sites for hydroxylation is 1. The highest BCUT2D eigenvalue weighted by molar-refractivity contribution is 5.37. The first-order valence-electron chi connectivity index (χ1n) is 5.15. The fourth-order valence-electron chi connectivity index (χ4n) is 2.09. The first-order valence-corrected chi connectivity index (χ1v) is 5.15. The molecule has 0 saturated carbocycles. The molecule has 0 radical (unpaired) electrons. The van der Waals surface area contributed by atoms with Crippen molar-refractivity contribution in [3.63, 3.8) is 0 Å². The quantitative estimate of drug-likeness (QED) is 0.792. The van der Waals surface area contributed by atoms with Crippen molar-refractivity contribution in [1.82, 2.24) is 0 Å². The lowest BCUT2D eigenvalue weighted by Gasteiger charge is -2.23. The van der Waals surface area contributed by atoms with Crippen LogP contribution in [0.1, 0.15) is 24.5 Å².